The van der Waals surface area contributed by atoms with Gasteiger partial charge in [0.1, 0.15) is 0 Å². The van der Waals surface area contributed by atoms with Crippen LogP contribution in [0.4, 0.5) is 0 Å². The van der Waals surface area contributed by atoms with Gasteiger partial charge in [0.2, 0.25) is 0 Å². The molecule has 9 nitrogen and oxygen atoms in total. The smallest absolute Gasteiger partial charge is 0.276 e. The summed E-state index contributed by atoms with van der Waals surface area (Å²) < 4.78 is 1.57. The molecular weight excluding hydrogens is 346 g/mol. The topological polar surface area (TPSA) is 112 Å². The summed E-state index contributed by atoms with van der Waals surface area (Å²) in [6, 6.07) is 1.96. The second-order valence-corrected chi connectivity index (χ2v) is 7.40. The van der Waals surface area contributed by atoms with Crippen molar-refractivity contribution >= 4 is 11.6 Å². The van der Waals surface area contributed by atoms with E-state index in [-0.39, 0.29) is 17.4 Å². The lowest BCUT2D eigenvalue weighted by Gasteiger charge is -2.31. The highest BCUT2D eigenvalue weighted by molar-refractivity contribution is 5.92. The molecule has 0 bridgehead atoms. The minimum absolute atomic E-state index is 0.0206. The number of hydrogen-bond donors (Lipinski definition) is 2. The maximum Gasteiger partial charge on any atom is 0.276 e. The van der Waals surface area contributed by atoms with Gasteiger partial charge in [0.15, 0.2) is 11.3 Å². The normalized spacial score (nSPS) is 20.0. The molecule has 0 spiro atoms. The quantitative estimate of drug-likeness (QED) is 0.703. The summed E-state index contributed by atoms with van der Waals surface area (Å²) in [5.74, 6) is 0.0306. The van der Waals surface area contributed by atoms with Crippen molar-refractivity contribution in [2.24, 2.45) is 0 Å². The van der Waals surface area contributed by atoms with Crippen molar-refractivity contribution in [3.8, 4) is 0 Å². The van der Waals surface area contributed by atoms with E-state index in [9.17, 15) is 9.59 Å². The maximum absolute atomic E-state index is 12.8. The summed E-state index contributed by atoms with van der Waals surface area (Å²) in [6.07, 6.45) is 7.14. The molecule has 0 radical (unpaired) electrons. The Morgan fingerprint density at radius 2 is 2.11 bits per heavy atom. The molecule has 5 rings (SSSR count). The zero-order chi connectivity index (χ0) is 18.4. The molecule has 0 aromatic carbocycles. The van der Waals surface area contributed by atoms with Gasteiger partial charge in [-0.05, 0) is 38.5 Å². The third-order valence-electron chi connectivity index (χ3n) is 5.69. The standard InChI is InChI=1S/C18H21N7O2/c26-17-12-5-1-2-6-13(12)20-16-8-14(22-25(16)17)11-4-3-7-24(10-11)18(27)15-9-19-23-21-15/h8-9,11,22H,1-7,10H2,(H,19,21,23)/t11-/m0/s1. The molecule has 1 atom stereocenters. The van der Waals surface area contributed by atoms with Crippen LogP contribution in [-0.4, -0.2) is 53.9 Å². The highest BCUT2D eigenvalue weighted by Crippen LogP contribution is 2.27. The van der Waals surface area contributed by atoms with E-state index < -0.39 is 0 Å². The molecule has 2 aliphatic rings. The average molecular weight is 367 g/mol. The summed E-state index contributed by atoms with van der Waals surface area (Å²) in [5.41, 5.74) is 3.78. The number of aryl methyl sites for hydroxylation is 1. The molecule has 1 aliphatic heterocycles. The van der Waals surface area contributed by atoms with Gasteiger partial charge in [-0.1, -0.05) is 0 Å². The number of amides is 1. The molecule has 1 fully saturated rings. The second-order valence-electron chi connectivity index (χ2n) is 7.40. The number of likely N-dealkylation sites (tertiary alicyclic amines) is 1. The molecule has 1 saturated heterocycles. The first-order valence-corrected chi connectivity index (χ1v) is 9.49. The molecule has 1 amide bonds. The van der Waals surface area contributed by atoms with Crippen LogP contribution in [0, 0.1) is 0 Å². The summed E-state index contributed by atoms with van der Waals surface area (Å²) >= 11 is 0. The van der Waals surface area contributed by atoms with E-state index in [0.717, 1.165) is 55.5 Å². The molecule has 3 aromatic rings. The fourth-order valence-electron chi connectivity index (χ4n) is 4.27. The van der Waals surface area contributed by atoms with Crippen molar-refractivity contribution in [3.05, 3.63) is 45.3 Å². The Morgan fingerprint density at radius 1 is 1.22 bits per heavy atom. The summed E-state index contributed by atoms with van der Waals surface area (Å²) in [7, 11) is 0. The first-order valence-electron chi connectivity index (χ1n) is 9.49. The highest BCUT2D eigenvalue weighted by atomic mass is 16.2. The summed E-state index contributed by atoms with van der Waals surface area (Å²) in [4.78, 5) is 31.9. The van der Waals surface area contributed by atoms with Gasteiger partial charge in [-0.2, -0.15) is 15.4 Å². The minimum atomic E-state index is -0.115. The van der Waals surface area contributed by atoms with E-state index in [1.165, 1.54) is 6.20 Å². The number of nitrogens with zero attached hydrogens (tertiary/aromatic N) is 5. The Morgan fingerprint density at radius 3 is 2.96 bits per heavy atom. The number of nitrogens with one attached hydrogen (secondary N) is 2. The van der Waals surface area contributed by atoms with Gasteiger partial charge in [0.25, 0.3) is 11.5 Å². The van der Waals surface area contributed by atoms with Crippen LogP contribution >= 0.6 is 0 Å². The van der Waals surface area contributed by atoms with Crippen LogP contribution < -0.4 is 5.56 Å². The Labute approximate surface area is 154 Å². The first kappa shape index (κ1) is 16.2. The number of fused-ring (bicyclic) bond motifs is 2. The molecule has 3 aromatic heterocycles. The number of hydrogen-bond acceptors (Lipinski definition) is 5. The number of aromatic amines is 2. The van der Waals surface area contributed by atoms with Gasteiger partial charge in [0, 0.05) is 36.3 Å². The lowest BCUT2D eigenvalue weighted by Crippen LogP contribution is -2.39. The number of piperidine rings is 1. The number of H-pyrrole nitrogens is 2. The van der Waals surface area contributed by atoms with Crippen molar-refractivity contribution < 1.29 is 4.79 Å². The molecule has 9 heteroatoms. The molecule has 1 aliphatic carbocycles. The average Bonchev–Trinajstić information content (AvgIpc) is 3.38. The van der Waals surface area contributed by atoms with Crippen molar-refractivity contribution in [1.82, 2.24) is 34.9 Å². The molecule has 4 heterocycles. The molecule has 27 heavy (non-hydrogen) atoms. The molecular formula is C18H21N7O2. The van der Waals surface area contributed by atoms with E-state index in [1.807, 2.05) is 6.07 Å². The Hall–Kier alpha value is -2.97. The van der Waals surface area contributed by atoms with Crippen LogP contribution in [-0.2, 0) is 12.8 Å². The molecule has 2 N–H and O–H groups in total. The number of rotatable bonds is 2. The molecule has 0 unspecified atom stereocenters. The van der Waals surface area contributed by atoms with Crippen LogP contribution in [0.15, 0.2) is 17.1 Å². The van der Waals surface area contributed by atoms with Gasteiger partial charge in [-0.15, -0.1) is 0 Å². The van der Waals surface area contributed by atoms with Gasteiger partial charge in [0.05, 0.1) is 11.9 Å². The predicted octanol–water partition coefficient (Wildman–Crippen LogP) is 1.04. The Bertz CT molecular complexity index is 1050. The predicted molar refractivity (Wildman–Crippen MR) is 96.7 cm³/mol. The SMILES string of the molecule is O=C(c1cn[nH]n1)N1CCC[C@H](c2cc3nc4c(c(=O)n3[nH]2)CCCC4)C1. The number of aromatic nitrogens is 6. The fourth-order valence-corrected chi connectivity index (χ4v) is 4.27. The highest BCUT2D eigenvalue weighted by Gasteiger charge is 2.28. The van der Waals surface area contributed by atoms with Gasteiger partial charge < -0.3 is 4.90 Å². The van der Waals surface area contributed by atoms with E-state index in [2.05, 4.69) is 20.5 Å². The number of carbonyl (C=O) groups is 1. The van der Waals surface area contributed by atoms with E-state index in [1.54, 1.807) is 9.42 Å². The summed E-state index contributed by atoms with van der Waals surface area (Å²) in [5, 5.41) is 13.3. The summed E-state index contributed by atoms with van der Waals surface area (Å²) in [6.45, 7) is 1.29. The van der Waals surface area contributed by atoms with Crippen LogP contribution in [0.3, 0.4) is 0 Å². The Kier molecular flexibility index (Phi) is 3.80. The van der Waals surface area contributed by atoms with E-state index in [0.29, 0.717) is 24.4 Å². The van der Waals surface area contributed by atoms with Gasteiger partial charge >= 0.3 is 0 Å². The van der Waals surface area contributed by atoms with Gasteiger partial charge in [-0.25, -0.2) is 9.50 Å². The van der Waals surface area contributed by atoms with Crippen LogP contribution in [0.2, 0.25) is 0 Å². The van der Waals surface area contributed by atoms with E-state index >= 15 is 0 Å². The lowest BCUT2D eigenvalue weighted by molar-refractivity contribution is 0.0699. The third-order valence-corrected chi connectivity index (χ3v) is 5.69. The zero-order valence-corrected chi connectivity index (χ0v) is 14.9. The third kappa shape index (κ3) is 2.73. The lowest BCUT2D eigenvalue weighted by atomic mass is 9.94. The number of carbonyl (C=O) groups excluding carboxylic acids is 1. The van der Waals surface area contributed by atoms with Gasteiger partial charge in [-0.3, -0.25) is 14.7 Å². The molecule has 0 saturated carbocycles. The maximum atomic E-state index is 12.8. The molecule has 140 valence electrons. The fraction of sp³-hybridized carbons (Fsp3) is 0.500. The second kappa shape index (κ2) is 6.33. The van der Waals surface area contributed by atoms with Crippen LogP contribution in [0.25, 0.3) is 5.65 Å². The van der Waals surface area contributed by atoms with E-state index in [4.69, 9.17) is 4.98 Å². The first-order chi connectivity index (χ1) is 13.2. The van der Waals surface area contributed by atoms with Crippen molar-refractivity contribution in [2.75, 3.05) is 13.1 Å². The Balaban J connectivity index is 1.45. The zero-order valence-electron chi connectivity index (χ0n) is 14.9. The monoisotopic (exact) mass is 367 g/mol. The van der Waals surface area contributed by atoms with Crippen LogP contribution in [0.5, 0.6) is 0 Å². The largest absolute Gasteiger partial charge is 0.337 e. The van der Waals surface area contributed by atoms with Crippen molar-refractivity contribution in [2.45, 2.75) is 44.4 Å². The minimum Gasteiger partial charge on any atom is -0.337 e. The van der Waals surface area contributed by atoms with Crippen molar-refractivity contribution in [3.63, 3.8) is 0 Å². The van der Waals surface area contributed by atoms with Crippen LogP contribution in [0.1, 0.15) is 59.0 Å². The van der Waals surface area contributed by atoms with Crippen molar-refractivity contribution in [1.29, 1.82) is 0 Å².